The van der Waals surface area contributed by atoms with Gasteiger partial charge in [0.25, 0.3) is 10.1 Å². The lowest BCUT2D eigenvalue weighted by atomic mass is 10.1. The van der Waals surface area contributed by atoms with Crippen LogP contribution in [0, 0.1) is 6.92 Å². The van der Waals surface area contributed by atoms with Crippen LogP contribution >= 0.6 is 0 Å². The van der Waals surface area contributed by atoms with Gasteiger partial charge in [-0.15, -0.1) is 0 Å². The molecular formula is C16H16O5S. The number of phenolic OH excluding ortho intramolecular Hbond substituents is 1. The van der Waals surface area contributed by atoms with E-state index in [4.69, 9.17) is 8.92 Å². The van der Waals surface area contributed by atoms with Crippen LogP contribution in [0.2, 0.25) is 0 Å². The highest BCUT2D eigenvalue weighted by molar-refractivity contribution is 7.86. The van der Waals surface area contributed by atoms with Gasteiger partial charge >= 0.3 is 0 Å². The van der Waals surface area contributed by atoms with E-state index in [-0.39, 0.29) is 23.4 Å². The number of aromatic hydroxyl groups is 1. The summed E-state index contributed by atoms with van der Waals surface area (Å²) in [6.07, 6.45) is 0.177. The van der Waals surface area contributed by atoms with Crippen molar-refractivity contribution in [3.8, 4) is 11.5 Å². The Morgan fingerprint density at radius 2 is 1.95 bits per heavy atom. The molecule has 1 heterocycles. The molecule has 1 aliphatic rings. The number of fused-ring (bicyclic) bond motifs is 1. The van der Waals surface area contributed by atoms with Gasteiger partial charge in [0.15, 0.2) is 0 Å². The van der Waals surface area contributed by atoms with Crippen molar-refractivity contribution < 1.29 is 22.4 Å². The Morgan fingerprint density at radius 3 is 2.68 bits per heavy atom. The average molecular weight is 320 g/mol. The summed E-state index contributed by atoms with van der Waals surface area (Å²) in [6, 6.07) is 11.3. The monoisotopic (exact) mass is 320 g/mol. The zero-order chi connectivity index (χ0) is 15.7. The molecule has 0 aromatic heterocycles. The molecule has 6 heteroatoms. The fourth-order valence-corrected chi connectivity index (χ4v) is 3.26. The third-order valence-corrected chi connectivity index (χ3v) is 4.81. The quantitative estimate of drug-likeness (QED) is 0.876. The molecule has 0 fully saturated rings. The first-order valence-electron chi connectivity index (χ1n) is 6.89. The van der Waals surface area contributed by atoms with Crippen molar-refractivity contribution in [1.82, 2.24) is 0 Å². The van der Waals surface area contributed by atoms with Gasteiger partial charge in [-0.05, 0) is 30.7 Å². The van der Waals surface area contributed by atoms with Gasteiger partial charge in [-0.25, -0.2) is 0 Å². The lowest BCUT2D eigenvalue weighted by molar-refractivity contribution is 0.152. The number of phenols is 1. The van der Waals surface area contributed by atoms with Crippen LogP contribution in [0.5, 0.6) is 11.5 Å². The van der Waals surface area contributed by atoms with Crippen molar-refractivity contribution in [3.63, 3.8) is 0 Å². The summed E-state index contributed by atoms with van der Waals surface area (Å²) in [6.45, 7) is 1.82. The van der Waals surface area contributed by atoms with Gasteiger partial charge in [-0.1, -0.05) is 23.8 Å². The van der Waals surface area contributed by atoms with E-state index in [1.54, 1.807) is 24.3 Å². The molecule has 5 nitrogen and oxygen atoms in total. The number of aryl methyl sites for hydroxylation is 1. The highest BCUT2D eigenvalue weighted by Gasteiger charge is 2.26. The fourth-order valence-electron chi connectivity index (χ4n) is 2.32. The predicted octanol–water partition coefficient (Wildman–Crippen LogP) is 2.41. The molecular weight excluding hydrogens is 304 g/mol. The highest BCUT2D eigenvalue weighted by Crippen LogP contribution is 2.32. The Labute approximate surface area is 129 Å². The van der Waals surface area contributed by atoms with Crippen LogP contribution in [0.15, 0.2) is 47.4 Å². The maximum Gasteiger partial charge on any atom is 0.297 e. The van der Waals surface area contributed by atoms with Crippen molar-refractivity contribution in [1.29, 1.82) is 0 Å². The Bertz CT molecular complexity index is 781. The summed E-state index contributed by atoms with van der Waals surface area (Å²) in [5, 5.41) is 9.41. The van der Waals surface area contributed by atoms with Gasteiger partial charge in [0.1, 0.15) is 24.2 Å². The standard InChI is InChI=1S/C16H16O5S/c1-11-2-6-15(7-3-11)22(18,19)20-10-14-8-12-4-5-13(17)9-16(12)21-14/h2-7,9,14,17H,8,10H2,1H3. The number of ether oxygens (including phenoxy) is 1. The van der Waals surface area contributed by atoms with E-state index in [2.05, 4.69) is 0 Å². The Kier molecular flexibility index (Phi) is 3.80. The van der Waals surface area contributed by atoms with Gasteiger partial charge in [0, 0.05) is 12.5 Å². The minimum absolute atomic E-state index is 0.0638. The molecule has 0 saturated heterocycles. The van der Waals surface area contributed by atoms with Crippen LogP contribution in [0.3, 0.4) is 0 Å². The number of hydrogen-bond acceptors (Lipinski definition) is 5. The van der Waals surface area contributed by atoms with Gasteiger partial charge in [-0.2, -0.15) is 8.42 Å². The molecule has 2 aromatic rings. The van der Waals surface area contributed by atoms with Crippen LogP contribution in [-0.4, -0.2) is 26.2 Å². The fraction of sp³-hybridized carbons (Fsp3) is 0.250. The lowest BCUT2D eigenvalue weighted by Crippen LogP contribution is -2.23. The van der Waals surface area contributed by atoms with E-state index < -0.39 is 10.1 Å². The molecule has 116 valence electrons. The van der Waals surface area contributed by atoms with Crippen LogP contribution in [-0.2, 0) is 20.7 Å². The summed E-state index contributed by atoms with van der Waals surface area (Å²) in [7, 11) is -3.79. The number of hydrogen-bond donors (Lipinski definition) is 1. The largest absolute Gasteiger partial charge is 0.508 e. The van der Waals surface area contributed by atoms with Crippen molar-refractivity contribution in [2.75, 3.05) is 6.61 Å². The zero-order valence-electron chi connectivity index (χ0n) is 12.0. The zero-order valence-corrected chi connectivity index (χ0v) is 12.8. The van der Waals surface area contributed by atoms with Crippen LogP contribution < -0.4 is 4.74 Å². The Balaban J connectivity index is 1.65. The second-order valence-corrected chi connectivity index (χ2v) is 6.90. The number of benzene rings is 2. The summed E-state index contributed by atoms with van der Waals surface area (Å²) >= 11 is 0. The SMILES string of the molecule is Cc1ccc(S(=O)(=O)OCC2Cc3ccc(O)cc3O2)cc1. The molecule has 0 aliphatic carbocycles. The molecule has 1 N–H and O–H groups in total. The third kappa shape index (κ3) is 3.08. The Hall–Kier alpha value is -2.05. The van der Waals surface area contributed by atoms with E-state index in [0.717, 1.165) is 11.1 Å². The topological polar surface area (TPSA) is 72.8 Å². The molecule has 1 aliphatic heterocycles. The Morgan fingerprint density at radius 1 is 1.23 bits per heavy atom. The van der Waals surface area contributed by atoms with Gasteiger partial charge < -0.3 is 9.84 Å². The van der Waals surface area contributed by atoms with Crippen molar-refractivity contribution >= 4 is 10.1 Å². The second kappa shape index (κ2) is 5.62. The van der Waals surface area contributed by atoms with E-state index in [0.29, 0.717) is 12.2 Å². The van der Waals surface area contributed by atoms with E-state index in [1.807, 2.05) is 6.92 Å². The third-order valence-electron chi connectivity index (χ3n) is 3.51. The summed E-state index contributed by atoms with van der Waals surface area (Å²) in [4.78, 5) is 0.131. The minimum atomic E-state index is -3.79. The molecule has 0 amide bonds. The molecule has 22 heavy (non-hydrogen) atoms. The maximum absolute atomic E-state index is 12.1. The normalized spacial score (nSPS) is 17.0. The van der Waals surface area contributed by atoms with Gasteiger partial charge in [0.05, 0.1) is 4.90 Å². The summed E-state index contributed by atoms with van der Waals surface area (Å²) in [5.74, 6) is 0.689. The van der Waals surface area contributed by atoms with Crippen molar-refractivity contribution in [2.24, 2.45) is 0 Å². The van der Waals surface area contributed by atoms with Crippen molar-refractivity contribution in [2.45, 2.75) is 24.3 Å². The van der Waals surface area contributed by atoms with Gasteiger partial charge in [-0.3, -0.25) is 4.18 Å². The smallest absolute Gasteiger partial charge is 0.297 e. The summed E-state index contributed by atoms with van der Waals surface area (Å²) < 4.78 is 34.9. The molecule has 0 spiro atoms. The molecule has 0 saturated carbocycles. The predicted molar refractivity (Wildman–Crippen MR) is 80.5 cm³/mol. The maximum atomic E-state index is 12.1. The molecule has 2 aromatic carbocycles. The molecule has 1 atom stereocenters. The van der Waals surface area contributed by atoms with E-state index >= 15 is 0 Å². The minimum Gasteiger partial charge on any atom is -0.508 e. The first kappa shape index (κ1) is 14.9. The molecule has 3 rings (SSSR count). The van der Waals surface area contributed by atoms with E-state index in [9.17, 15) is 13.5 Å². The lowest BCUT2D eigenvalue weighted by Gasteiger charge is -2.11. The van der Waals surface area contributed by atoms with Crippen LogP contribution in [0.4, 0.5) is 0 Å². The second-order valence-electron chi connectivity index (χ2n) is 5.29. The van der Waals surface area contributed by atoms with Gasteiger partial charge in [0.2, 0.25) is 0 Å². The van der Waals surface area contributed by atoms with Crippen LogP contribution in [0.25, 0.3) is 0 Å². The average Bonchev–Trinajstić information content (AvgIpc) is 2.88. The first-order valence-corrected chi connectivity index (χ1v) is 8.29. The molecule has 1 unspecified atom stereocenters. The summed E-state index contributed by atoms with van der Waals surface area (Å²) in [5.41, 5.74) is 1.91. The molecule has 0 radical (unpaired) electrons. The van der Waals surface area contributed by atoms with Crippen molar-refractivity contribution in [3.05, 3.63) is 53.6 Å². The first-order chi connectivity index (χ1) is 10.4. The number of rotatable bonds is 4. The highest BCUT2D eigenvalue weighted by atomic mass is 32.2. The molecule has 0 bridgehead atoms. The van der Waals surface area contributed by atoms with E-state index in [1.165, 1.54) is 18.2 Å². The van der Waals surface area contributed by atoms with Crippen LogP contribution in [0.1, 0.15) is 11.1 Å².